The van der Waals surface area contributed by atoms with Crippen molar-refractivity contribution >= 4 is 11.8 Å². The van der Waals surface area contributed by atoms with E-state index in [4.69, 9.17) is 4.52 Å². The van der Waals surface area contributed by atoms with E-state index in [1.54, 1.807) is 32.0 Å². The second-order valence-electron chi connectivity index (χ2n) is 4.72. The Morgan fingerprint density at radius 3 is 2.78 bits per heavy atom. The van der Waals surface area contributed by atoms with Gasteiger partial charge in [-0.25, -0.2) is 0 Å². The van der Waals surface area contributed by atoms with Gasteiger partial charge in [-0.15, -0.1) is 0 Å². The lowest BCUT2D eigenvalue weighted by Crippen LogP contribution is -2.45. The highest BCUT2D eigenvalue weighted by Gasteiger charge is 2.36. The summed E-state index contributed by atoms with van der Waals surface area (Å²) in [7, 11) is 3.39. The van der Waals surface area contributed by atoms with E-state index in [1.165, 1.54) is 4.90 Å². The van der Waals surface area contributed by atoms with Gasteiger partial charge >= 0.3 is 0 Å². The third kappa shape index (κ3) is 2.23. The van der Waals surface area contributed by atoms with Crippen molar-refractivity contribution in [3.8, 4) is 0 Å². The second-order valence-corrected chi connectivity index (χ2v) is 4.72. The number of rotatable bonds is 2. The SMILES string of the molecule is Cc1cc(C(=O)N2CCCC2C(=O)N(C)C)on1. The summed E-state index contributed by atoms with van der Waals surface area (Å²) in [6.07, 6.45) is 1.54. The lowest BCUT2D eigenvalue weighted by molar-refractivity contribution is -0.132. The van der Waals surface area contributed by atoms with E-state index in [9.17, 15) is 9.59 Å². The van der Waals surface area contributed by atoms with E-state index in [-0.39, 0.29) is 23.6 Å². The van der Waals surface area contributed by atoms with E-state index in [0.29, 0.717) is 18.7 Å². The molecule has 0 spiro atoms. The first-order chi connectivity index (χ1) is 8.50. The summed E-state index contributed by atoms with van der Waals surface area (Å²) in [5.41, 5.74) is 0.660. The molecule has 1 aromatic rings. The lowest BCUT2D eigenvalue weighted by Gasteiger charge is -2.25. The summed E-state index contributed by atoms with van der Waals surface area (Å²) < 4.78 is 4.96. The van der Waals surface area contributed by atoms with Crippen LogP contribution >= 0.6 is 0 Å². The standard InChI is InChI=1S/C12H17N3O3/c1-8-7-10(18-13-8)12(17)15-6-4-5-9(15)11(16)14(2)3/h7,9H,4-6H2,1-3H3. The van der Waals surface area contributed by atoms with Crippen molar-refractivity contribution in [3.05, 3.63) is 17.5 Å². The first-order valence-corrected chi connectivity index (χ1v) is 5.96. The summed E-state index contributed by atoms with van der Waals surface area (Å²) in [5.74, 6) is -0.101. The third-order valence-corrected chi connectivity index (χ3v) is 3.08. The van der Waals surface area contributed by atoms with Gasteiger partial charge in [-0.05, 0) is 19.8 Å². The smallest absolute Gasteiger partial charge is 0.293 e. The maximum atomic E-state index is 12.2. The molecule has 0 radical (unpaired) electrons. The predicted octanol–water partition coefficient (Wildman–Crippen LogP) is 0.676. The van der Waals surface area contributed by atoms with Crippen LogP contribution < -0.4 is 0 Å². The van der Waals surface area contributed by atoms with E-state index in [0.717, 1.165) is 6.42 Å². The first kappa shape index (κ1) is 12.6. The fourth-order valence-corrected chi connectivity index (χ4v) is 2.17. The van der Waals surface area contributed by atoms with Crippen LogP contribution in [0.3, 0.4) is 0 Å². The molecule has 2 amide bonds. The average molecular weight is 251 g/mol. The largest absolute Gasteiger partial charge is 0.351 e. The number of hydrogen-bond acceptors (Lipinski definition) is 4. The number of carbonyl (C=O) groups is 2. The Bertz CT molecular complexity index is 467. The zero-order valence-corrected chi connectivity index (χ0v) is 10.8. The fourth-order valence-electron chi connectivity index (χ4n) is 2.17. The molecule has 6 heteroatoms. The van der Waals surface area contributed by atoms with Crippen molar-refractivity contribution in [1.29, 1.82) is 0 Å². The van der Waals surface area contributed by atoms with Crippen molar-refractivity contribution in [2.75, 3.05) is 20.6 Å². The zero-order chi connectivity index (χ0) is 13.3. The van der Waals surface area contributed by atoms with Crippen LogP contribution in [0, 0.1) is 6.92 Å². The average Bonchev–Trinajstić information content (AvgIpc) is 2.95. The van der Waals surface area contributed by atoms with Crippen LogP contribution in [0.25, 0.3) is 0 Å². The molecule has 1 unspecified atom stereocenters. The molecule has 0 N–H and O–H groups in total. The molecule has 1 saturated heterocycles. The number of nitrogens with zero attached hydrogens (tertiary/aromatic N) is 3. The number of likely N-dealkylation sites (tertiary alicyclic amines) is 1. The second kappa shape index (κ2) is 4.80. The van der Waals surface area contributed by atoms with E-state index >= 15 is 0 Å². The molecule has 0 aromatic carbocycles. The maximum absolute atomic E-state index is 12.2. The van der Waals surface area contributed by atoms with Crippen LogP contribution in [0.4, 0.5) is 0 Å². The highest BCUT2D eigenvalue weighted by atomic mass is 16.5. The maximum Gasteiger partial charge on any atom is 0.293 e. The Morgan fingerprint density at radius 1 is 1.50 bits per heavy atom. The highest BCUT2D eigenvalue weighted by Crippen LogP contribution is 2.21. The summed E-state index contributed by atoms with van der Waals surface area (Å²) in [4.78, 5) is 27.3. The highest BCUT2D eigenvalue weighted by molar-refractivity contribution is 5.95. The predicted molar refractivity (Wildman–Crippen MR) is 64.0 cm³/mol. The minimum atomic E-state index is -0.377. The van der Waals surface area contributed by atoms with Gasteiger partial charge in [0, 0.05) is 26.7 Å². The van der Waals surface area contributed by atoms with Crippen LogP contribution in [-0.2, 0) is 4.79 Å². The number of amides is 2. The minimum Gasteiger partial charge on any atom is -0.351 e. The van der Waals surface area contributed by atoms with Crippen molar-refractivity contribution in [2.45, 2.75) is 25.8 Å². The topological polar surface area (TPSA) is 66.7 Å². The van der Waals surface area contributed by atoms with Crippen molar-refractivity contribution in [2.24, 2.45) is 0 Å². The Balaban J connectivity index is 2.17. The normalized spacial score (nSPS) is 19.1. The molecule has 6 nitrogen and oxygen atoms in total. The Hall–Kier alpha value is -1.85. The monoisotopic (exact) mass is 251 g/mol. The molecule has 0 aliphatic carbocycles. The molecular formula is C12H17N3O3. The van der Waals surface area contributed by atoms with Crippen LogP contribution in [0.15, 0.2) is 10.6 Å². The van der Waals surface area contributed by atoms with Gasteiger partial charge < -0.3 is 14.3 Å². The molecular weight excluding hydrogens is 234 g/mol. The number of carbonyl (C=O) groups excluding carboxylic acids is 2. The van der Waals surface area contributed by atoms with Crippen molar-refractivity contribution in [3.63, 3.8) is 0 Å². The van der Waals surface area contributed by atoms with E-state index in [2.05, 4.69) is 5.16 Å². The molecule has 1 atom stereocenters. The number of aryl methyl sites for hydroxylation is 1. The van der Waals surface area contributed by atoms with Crippen molar-refractivity contribution in [1.82, 2.24) is 15.0 Å². The fraction of sp³-hybridized carbons (Fsp3) is 0.583. The van der Waals surface area contributed by atoms with Gasteiger partial charge in [-0.1, -0.05) is 5.16 Å². The molecule has 1 aliphatic heterocycles. The third-order valence-electron chi connectivity index (χ3n) is 3.08. The van der Waals surface area contributed by atoms with Gasteiger partial charge in [-0.2, -0.15) is 0 Å². The van der Waals surface area contributed by atoms with Gasteiger partial charge in [0.1, 0.15) is 6.04 Å². The van der Waals surface area contributed by atoms with Crippen LogP contribution in [0.2, 0.25) is 0 Å². The summed E-state index contributed by atoms with van der Waals surface area (Å²) in [6.45, 7) is 2.34. The van der Waals surface area contributed by atoms with Gasteiger partial charge in [-0.3, -0.25) is 9.59 Å². The van der Waals surface area contributed by atoms with Crippen LogP contribution in [0.5, 0.6) is 0 Å². The Kier molecular flexibility index (Phi) is 3.36. The molecule has 1 fully saturated rings. The van der Waals surface area contributed by atoms with Crippen LogP contribution in [-0.4, -0.2) is 53.5 Å². The molecule has 1 aromatic heterocycles. The number of hydrogen-bond donors (Lipinski definition) is 0. The van der Waals surface area contributed by atoms with E-state index < -0.39 is 0 Å². The molecule has 98 valence electrons. The summed E-state index contributed by atoms with van der Waals surface area (Å²) >= 11 is 0. The van der Waals surface area contributed by atoms with Gasteiger partial charge in [0.2, 0.25) is 11.7 Å². The molecule has 0 bridgehead atoms. The van der Waals surface area contributed by atoms with E-state index in [1.807, 2.05) is 0 Å². The van der Waals surface area contributed by atoms with Crippen LogP contribution in [0.1, 0.15) is 29.1 Å². The van der Waals surface area contributed by atoms with Gasteiger partial charge in [0.15, 0.2) is 0 Å². The quantitative estimate of drug-likeness (QED) is 0.775. The first-order valence-electron chi connectivity index (χ1n) is 5.96. The molecule has 18 heavy (non-hydrogen) atoms. The summed E-state index contributed by atoms with van der Waals surface area (Å²) in [5, 5.41) is 3.70. The minimum absolute atomic E-state index is 0.0444. The molecule has 1 aliphatic rings. The molecule has 0 saturated carbocycles. The molecule has 2 heterocycles. The Morgan fingerprint density at radius 2 is 2.22 bits per heavy atom. The summed E-state index contributed by atoms with van der Waals surface area (Å²) in [6, 6.07) is 1.22. The van der Waals surface area contributed by atoms with Gasteiger partial charge in [0.25, 0.3) is 5.91 Å². The zero-order valence-electron chi connectivity index (χ0n) is 10.8. The number of aromatic nitrogens is 1. The Labute approximate surface area is 106 Å². The van der Waals surface area contributed by atoms with Crippen molar-refractivity contribution < 1.29 is 14.1 Å². The lowest BCUT2D eigenvalue weighted by atomic mass is 10.2. The number of likely N-dealkylation sites (N-methyl/N-ethyl adjacent to an activating group) is 1. The molecule has 2 rings (SSSR count). The van der Waals surface area contributed by atoms with Gasteiger partial charge in [0.05, 0.1) is 5.69 Å².